The molecule has 16 heteroatoms. The Morgan fingerprint density at radius 1 is 1.02 bits per heavy atom. The number of sulfone groups is 1. The Morgan fingerprint density at radius 3 is 2.40 bits per heavy atom. The number of halogens is 6. The summed E-state index contributed by atoms with van der Waals surface area (Å²) in [5.74, 6) is -4.36. The first-order valence-electron chi connectivity index (χ1n) is 14.0. The van der Waals surface area contributed by atoms with E-state index < -0.39 is 63.3 Å². The predicted octanol–water partition coefficient (Wildman–Crippen LogP) is 5.78. The highest BCUT2D eigenvalue weighted by Gasteiger charge is 2.51. The van der Waals surface area contributed by atoms with Crippen molar-refractivity contribution in [1.82, 2.24) is 9.88 Å². The van der Waals surface area contributed by atoms with Crippen molar-refractivity contribution in [3.63, 3.8) is 0 Å². The zero-order valence-corrected chi connectivity index (χ0v) is 25.1. The third-order valence-corrected chi connectivity index (χ3v) is 10.6. The summed E-state index contributed by atoms with van der Waals surface area (Å²) in [5, 5.41) is 5.67. The lowest BCUT2D eigenvalue weighted by molar-refractivity contribution is -0.171. The molecule has 1 N–H and O–H groups in total. The molecule has 2 aliphatic rings. The van der Waals surface area contributed by atoms with Gasteiger partial charge in [-0.15, -0.1) is 11.3 Å². The number of hydrogen-bond acceptors (Lipinski definition) is 7. The standard InChI is InChI=1S/C29H28F6N4O4S2/c30-28(31,32)19-5-4-6-21(16-19)39(26(41)29(33,34)35)24-11-13-38(25(24)40)23-10-9-20(37-27-36-12-14-44-27)15-18(23)17-45(42,43)22-7-2-1-3-8-22/h1-8,12,14,16,18,20,23-24H,9-11,13,15,17H2,(H,36,37)/t18-,20-,23+,24?/m1/s1. The van der Waals surface area contributed by atoms with Crippen molar-refractivity contribution in [2.75, 3.05) is 22.5 Å². The van der Waals surface area contributed by atoms with Gasteiger partial charge in [0.05, 0.1) is 16.2 Å². The Balaban J connectivity index is 1.45. The van der Waals surface area contributed by atoms with Crippen molar-refractivity contribution in [1.29, 1.82) is 0 Å². The van der Waals surface area contributed by atoms with Gasteiger partial charge in [-0.25, -0.2) is 13.4 Å². The molecular weight excluding hydrogens is 646 g/mol. The van der Waals surface area contributed by atoms with Crippen molar-refractivity contribution in [3.8, 4) is 0 Å². The summed E-state index contributed by atoms with van der Waals surface area (Å²) in [7, 11) is -3.85. The molecule has 3 aromatic rings. The number of carbonyl (C=O) groups is 2. The van der Waals surface area contributed by atoms with E-state index in [-0.39, 0.29) is 34.6 Å². The van der Waals surface area contributed by atoms with E-state index in [1.54, 1.807) is 29.8 Å². The molecule has 0 bridgehead atoms. The highest BCUT2D eigenvalue weighted by Crippen LogP contribution is 2.39. The van der Waals surface area contributed by atoms with E-state index in [1.807, 2.05) is 0 Å². The Labute approximate surface area is 259 Å². The summed E-state index contributed by atoms with van der Waals surface area (Å²) in [6.07, 6.45) is -7.98. The molecule has 0 spiro atoms. The number of likely N-dealkylation sites (tertiary alicyclic amines) is 1. The fourth-order valence-corrected chi connectivity index (χ4v) is 8.40. The Morgan fingerprint density at radius 2 is 1.76 bits per heavy atom. The molecule has 45 heavy (non-hydrogen) atoms. The van der Waals surface area contributed by atoms with Gasteiger partial charge < -0.3 is 10.2 Å². The number of rotatable bonds is 8. The number of thiazole rings is 1. The molecule has 4 atom stereocenters. The van der Waals surface area contributed by atoms with E-state index >= 15 is 0 Å². The van der Waals surface area contributed by atoms with Crippen molar-refractivity contribution >= 4 is 43.8 Å². The molecular formula is C29H28F6N4O4S2. The number of nitrogens with one attached hydrogen (secondary N) is 1. The maximum atomic E-state index is 13.8. The number of hydrogen-bond donors (Lipinski definition) is 1. The summed E-state index contributed by atoms with van der Waals surface area (Å²) < 4.78 is 108. The molecule has 0 radical (unpaired) electrons. The summed E-state index contributed by atoms with van der Waals surface area (Å²) >= 11 is 1.36. The van der Waals surface area contributed by atoms with Crippen LogP contribution in [0.1, 0.15) is 31.2 Å². The quantitative estimate of drug-likeness (QED) is 0.304. The summed E-state index contributed by atoms with van der Waals surface area (Å²) in [5.41, 5.74) is -1.99. The van der Waals surface area contributed by atoms with Gasteiger partial charge in [0.1, 0.15) is 6.04 Å². The number of amides is 2. The zero-order valence-electron chi connectivity index (χ0n) is 23.5. The van der Waals surface area contributed by atoms with Crippen LogP contribution in [0.4, 0.5) is 37.2 Å². The third-order valence-electron chi connectivity index (χ3n) is 8.07. The van der Waals surface area contributed by atoms with E-state index in [9.17, 15) is 44.3 Å². The van der Waals surface area contributed by atoms with E-state index in [1.165, 1.54) is 28.4 Å². The minimum atomic E-state index is -5.48. The van der Waals surface area contributed by atoms with Crippen molar-refractivity contribution < 1.29 is 44.3 Å². The molecule has 1 aliphatic carbocycles. The number of alkyl halides is 6. The molecule has 2 amide bonds. The van der Waals surface area contributed by atoms with Crippen LogP contribution in [0.3, 0.4) is 0 Å². The molecule has 2 heterocycles. The van der Waals surface area contributed by atoms with Crippen LogP contribution in [-0.2, 0) is 25.6 Å². The minimum Gasteiger partial charge on any atom is -0.359 e. The van der Waals surface area contributed by atoms with Gasteiger partial charge in [0, 0.05) is 35.9 Å². The maximum absolute atomic E-state index is 13.8. The van der Waals surface area contributed by atoms with Gasteiger partial charge in [0.2, 0.25) is 5.91 Å². The molecule has 242 valence electrons. The fraction of sp³-hybridized carbons (Fsp3) is 0.414. The van der Waals surface area contributed by atoms with Crippen LogP contribution < -0.4 is 10.2 Å². The zero-order chi connectivity index (χ0) is 32.6. The monoisotopic (exact) mass is 674 g/mol. The van der Waals surface area contributed by atoms with E-state index in [2.05, 4.69) is 10.3 Å². The normalized spacial score (nSPS) is 22.8. The maximum Gasteiger partial charge on any atom is 0.471 e. The Kier molecular flexibility index (Phi) is 9.18. The van der Waals surface area contributed by atoms with Gasteiger partial charge in [-0.2, -0.15) is 26.3 Å². The second-order valence-corrected chi connectivity index (χ2v) is 13.9. The second kappa shape index (κ2) is 12.6. The smallest absolute Gasteiger partial charge is 0.359 e. The first-order valence-corrected chi connectivity index (χ1v) is 16.5. The molecule has 8 nitrogen and oxygen atoms in total. The SMILES string of the molecule is O=C1C(N(C(=O)C(F)(F)F)c2cccc(C(F)(F)F)c2)CCN1[C@H]1CC[C@@H](Nc2nccs2)C[C@@H]1CS(=O)(=O)c1ccccc1. The number of carbonyl (C=O) groups excluding carboxylic acids is 2. The van der Waals surface area contributed by atoms with Crippen LogP contribution in [0.25, 0.3) is 0 Å². The van der Waals surface area contributed by atoms with Gasteiger partial charge in [0.25, 0.3) is 0 Å². The molecule has 2 aromatic carbocycles. The first kappa shape index (κ1) is 32.7. The van der Waals surface area contributed by atoms with Gasteiger partial charge >= 0.3 is 18.3 Å². The first-order chi connectivity index (χ1) is 21.1. The lowest BCUT2D eigenvalue weighted by atomic mass is 9.81. The fourth-order valence-electron chi connectivity index (χ4n) is 6.11. The second-order valence-electron chi connectivity index (χ2n) is 11.0. The lowest BCUT2D eigenvalue weighted by Gasteiger charge is -2.41. The van der Waals surface area contributed by atoms with Gasteiger partial charge in [0.15, 0.2) is 15.0 Å². The van der Waals surface area contributed by atoms with Crippen LogP contribution in [0.2, 0.25) is 0 Å². The van der Waals surface area contributed by atoms with Gasteiger partial charge in [-0.3, -0.25) is 14.5 Å². The summed E-state index contributed by atoms with van der Waals surface area (Å²) in [4.78, 5) is 32.1. The van der Waals surface area contributed by atoms with Crippen molar-refractivity contribution in [3.05, 3.63) is 71.7 Å². The minimum absolute atomic E-state index is 0.0795. The Hall–Kier alpha value is -3.66. The molecule has 1 aromatic heterocycles. The van der Waals surface area contributed by atoms with E-state index in [0.29, 0.717) is 36.5 Å². The van der Waals surface area contributed by atoms with E-state index in [0.717, 1.165) is 12.1 Å². The van der Waals surface area contributed by atoms with Crippen molar-refractivity contribution in [2.45, 2.75) is 61.1 Å². The molecule has 1 saturated carbocycles. The third kappa shape index (κ3) is 7.27. The number of nitrogens with zero attached hydrogens (tertiary/aromatic N) is 3. The van der Waals surface area contributed by atoms with Crippen molar-refractivity contribution in [2.24, 2.45) is 5.92 Å². The number of aromatic nitrogens is 1. The number of benzene rings is 2. The van der Waals surface area contributed by atoms with Gasteiger partial charge in [-0.05, 0) is 61.9 Å². The largest absolute Gasteiger partial charge is 0.471 e. The average Bonchev–Trinajstić information content (AvgIpc) is 3.63. The predicted molar refractivity (Wildman–Crippen MR) is 154 cm³/mol. The average molecular weight is 675 g/mol. The highest BCUT2D eigenvalue weighted by atomic mass is 32.2. The molecule has 1 aliphatic heterocycles. The molecule has 1 saturated heterocycles. The molecule has 5 rings (SSSR count). The molecule has 1 unspecified atom stereocenters. The van der Waals surface area contributed by atoms with Gasteiger partial charge in [-0.1, -0.05) is 24.3 Å². The van der Waals surface area contributed by atoms with Crippen LogP contribution in [0, 0.1) is 5.92 Å². The highest BCUT2D eigenvalue weighted by molar-refractivity contribution is 7.91. The van der Waals surface area contributed by atoms with E-state index in [4.69, 9.17) is 0 Å². The van der Waals surface area contributed by atoms with Crippen LogP contribution in [0.5, 0.6) is 0 Å². The van der Waals surface area contributed by atoms with Crippen LogP contribution in [0.15, 0.2) is 71.1 Å². The summed E-state index contributed by atoms with van der Waals surface area (Å²) in [6.45, 7) is -0.110. The Bertz CT molecular complexity index is 1620. The van der Waals surface area contributed by atoms with Crippen LogP contribution in [-0.4, -0.2) is 66.7 Å². The van der Waals surface area contributed by atoms with Crippen LogP contribution >= 0.6 is 11.3 Å². The topological polar surface area (TPSA) is 99.7 Å². The number of anilines is 2. The lowest BCUT2D eigenvalue weighted by Crippen LogP contribution is -2.54. The molecule has 2 fully saturated rings. The summed E-state index contributed by atoms with van der Waals surface area (Å²) in [6, 6.07) is 7.91.